The summed E-state index contributed by atoms with van der Waals surface area (Å²) in [5.74, 6) is 0.0939. The highest BCUT2D eigenvalue weighted by Gasteiger charge is 2.12. The molecule has 132 valence electrons. The van der Waals surface area contributed by atoms with Gasteiger partial charge in [0, 0.05) is 5.56 Å². The molecule has 0 fully saturated rings. The van der Waals surface area contributed by atoms with Crippen molar-refractivity contribution in [3.05, 3.63) is 70.3 Å². The molecule has 0 saturated carbocycles. The molecule has 0 spiro atoms. The number of aryl methyl sites for hydroxylation is 1. The molecule has 0 aliphatic heterocycles. The second-order valence-electron chi connectivity index (χ2n) is 5.31. The van der Waals surface area contributed by atoms with Crippen molar-refractivity contribution in [3.63, 3.8) is 0 Å². The van der Waals surface area contributed by atoms with E-state index in [2.05, 4.69) is 10.5 Å². The normalized spacial score (nSPS) is 11.0. The van der Waals surface area contributed by atoms with Crippen molar-refractivity contribution in [1.29, 1.82) is 0 Å². The van der Waals surface area contributed by atoms with Crippen molar-refractivity contribution in [2.24, 2.45) is 5.10 Å². The molecule has 0 atom stereocenters. The second kappa shape index (κ2) is 7.28. The average Bonchev–Trinajstić information content (AvgIpc) is 3.23. The Balaban J connectivity index is 1.69. The van der Waals surface area contributed by atoms with Crippen LogP contribution in [0.1, 0.15) is 32.4 Å². The fourth-order valence-electron chi connectivity index (χ4n) is 2.19. The number of nitrogens with one attached hydrogen (secondary N) is 1. The number of halogens is 1. The molecule has 0 bridgehead atoms. The van der Waals surface area contributed by atoms with Crippen molar-refractivity contribution >= 4 is 29.7 Å². The van der Waals surface area contributed by atoms with Crippen molar-refractivity contribution in [3.8, 4) is 11.3 Å². The number of amides is 1. The van der Waals surface area contributed by atoms with Crippen LogP contribution in [0.4, 0.5) is 0 Å². The van der Waals surface area contributed by atoms with Crippen LogP contribution in [0.15, 0.2) is 56.4 Å². The maximum Gasteiger partial charge on any atom is 0.337 e. The zero-order valence-corrected chi connectivity index (χ0v) is 14.3. The van der Waals surface area contributed by atoms with Gasteiger partial charge in [0.25, 0.3) is 0 Å². The summed E-state index contributed by atoms with van der Waals surface area (Å²) in [6, 6.07) is 11.1. The summed E-state index contributed by atoms with van der Waals surface area (Å²) < 4.78 is 10.8. The third-order valence-corrected chi connectivity index (χ3v) is 3.75. The molecule has 3 rings (SSSR count). The lowest BCUT2D eigenvalue weighted by Gasteiger charge is -2.01. The summed E-state index contributed by atoms with van der Waals surface area (Å²) in [5.41, 5.74) is 2.96. The molecule has 0 radical (unpaired) electrons. The van der Waals surface area contributed by atoms with Gasteiger partial charge in [0.1, 0.15) is 17.3 Å². The topological polar surface area (TPSA) is 105 Å². The first-order valence-corrected chi connectivity index (χ1v) is 7.85. The Morgan fingerprint density at radius 3 is 2.62 bits per heavy atom. The molecule has 2 N–H and O–H groups in total. The lowest BCUT2D eigenvalue weighted by molar-refractivity contribution is 0.0696. The van der Waals surface area contributed by atoms with Crippen LogP contribution in [0, 0.1) is 6.92 Å². The van der Waals surface area contributed by atoms with Gasteiger partial charge in [0.15, 0.2) is 5.76 Å². The highest BCUT2D eigenvalue weighted by molar-refractivity contribution is 6.33. The zero-order chi connectivity index (χ0) is 18.7. The summed E-state index contributed by atoms with van der Waals surface area (Å²) in [6.07, 6.45) is 1.34. The lowest BCUT2D eigenvalue weighted by atomic mass is 10.1. The molecular formula is C18H13ClN2O5. The summed E-state index contributed by atoms with van der Waals surface area (Å²) in [6.45, 7) is 1.74. The van der Waals surface area contributed by atoms with Gasteiger partial charge in [-0.25, -0.2) is 10.2 Å². The first-order valence-electron chi connectivity index (χ1n) is 7.47. The number of carboxylic acid groups (broad SMARTS) is 1. The first kappa shape index (κ1) is 17.5. The highest BCUT2D eigenvalue weighted by atomic mass is 35.5. The van der Waals surface area contributed by atoms with E-state index in [-0.39, 0.29) is 16.3 Å². The van der Waals surface area contributed by atoms with Gasteiger partial charge in [-0.2, -0.15) is 5.10 Å². The SMILES string of the molecule is Cc1ccc(C(=O)N/N=C\c2ccc(-c3ccc(C(=O)O)c(Cl)c3)o2)o1. The van der Waals surface area contributed by atoms with Crippen molar-refractivity contribution < 1.29 is 23.5 Å². The van der Waals surface area contributed by atoms with E-state index in [4.69, 9.17) is 25.5 Å². The highest BCUT2D eigenvalue weighted by Crippen LogP contribution is 2.27. The molecular weight excluding hydrogens is 360 g/mol. The van der Waals surface area contributed by atoms with Crippen LogP contribution >= 0.6 is 11.6 Å². The minimum Gasteiger partial charge on any atom is -0.478 e. The van der Waals surface area contributed by atoms with Crippen LogP contribution < -0.4 is 5.43 Å². The van der Waals surface area contributed by atoms with Crippen molar-refractivity contribution in [1.82, 2.24) is 5.43 Å². The van der Waals surface area contributed by atoms with Gasteiger partial charge in [-0.15, -0.1) is 0 Å². The number of nitrogens with zero attached hydrogens (tertiary/aromatic N) is 1. The average molecular weight is 373 g/mol. The number of hydrogen-bond acceptors (Lipinski definition) is 5. The zero-order valence-electron chi connectivity index (χ0n) is 13.5. The Hall–Kier alpha value is -3.32. The van der Waals surface area contributed by atoms with Crippen molar-refractivity contribution in [2.75, 3.05) is 0 Å². The molecule has 1 amide bonds. The minimum atomic E-state index is -1.10. The number of benzene rings is 1. The van der Waals surface area contributed by atoms with Crippen LogP contribution in [0.2, 0.25) is 5.02 Å². The van der Waals surface area contributed by atoms with E-state index in [1.165, 1.54) is 18.3 Å². The molecule has 0 aliphatic rings. The van der Waals surface area contributed by atoms with E-state index < -0.39 is 11.9 Å². The number of furan rings is 2. The van der Waals surface area contributed by atoms with Crippen molar-refractivity contribution in [2.45, 2.75) is 6.92 Å². The fraction of sp³-hybridized carbons (Fsp3) is 0.0556. The van der Waals surface area contributed by atoms with Gasteiger partial charge in [-0.05, 0) is 43.3 Å². The summed E-state index contributed by atoms with van der Waals surface area (Å²) >= 11 is 5.95. The number of hydrogen-bond donors (Lipinski definition) is 2. The third-order valence-electron chi connectivity index (χ3n) is 3.43. The quantitative estimate of drug-likeness (QED) is 0.521. The Morgan fingerprint density at radius 1 is 1.15 bits per heavy atom. The third kappa shape index (κ3) is 3.84. The van der Waals surface area contributed by atoms with E-state index in [0.717, 1.165) is 0 Å². The molecule has 1 aromatic carbocycles. The van der Waals surface area contributed by atoms with E-state index >= 15 is 0 Å². The van der Waals surface area contributed by atoms with Crippen LogP contribution in [0.25, 0.3) is 11.3 Å². The first-order chi connectivity index (χ1) is 12.4. The molecule has 2 heterocycles. The molecule has 2 aromatic heterocycles. The Labute approximate surface area is 152 Å². The van der Waals surface area contributed by atoms with Gasteiger partial charge in [0.05, 0.1) is 16.8 Å². The molecule has 8 heteroatoms. The molecule has 3 aromatic rings. The fourth-order valence-corrected chi connectivity index (χ4v) is 2.45. The maximum absolute atomic E-state index is 11.8. The van der Waals surface area contributed by atoms with E-state index in [9.17, 15) is 9.59 Å². The molecule has 26 heavy (non-hydrogen) atoms. The monoisotopic (exact) mass is 372 g/mol. The smallest absolute Gasteiger partial charge is 0.337 e. The summed E-state index contributed by atoms with van der Waals surface area (Å²) in [7, 11) is 0. The van der Waals surface area contributed by atoms with Crippen LogP contribution in [-0.2, 0) is 0 Å². The second-order valence-corrected chi connectivity index (χ2v) is 5.72. The Kier molecular flexibility index (Phi) is 4.90. The number of carbonyl (C=O) groups excluding carboxylic acids is 1. The van der Waals surface area contributed by atoms with Crippen LogP contribution in [0.5, 0.6) is 0 Å². The number of carboxylic acids is 1. The van der Waals surface area contributed by atoms with Crippen LogP contribution in [-0.4, -0.2) is 23.2 Å². The van der Waals surface area contributed by atoms with Gasteiger partial charge in [-0.1, -0.05) is 17.7 Å². The standard InChI is InChI=1S/C18H13ClN2O5/c1-10-2-6-16(25-10)17(22)21-20-9-12-4-7-15(26-12)11-3-5-13(18(23)24)14(19)8-11/h2-9H,1H3,(H,21,22)(H,23,24)/b20-9-. The van der Waals surface area contributed by atoms with Gasteiger partial charge in [0.2, 0.25) is 0 Å². The summed E-state index contributed by atoms with van der Waals surface area (Å²) in [5, 5.41) is 12.9. The minimum absolute atomic E-state index is 0.0136. The number of hydrazone groups is 1. The number of aromatic carboxylic acids is 1. The Bertz CT molecular complexity index is 1000. The van der Waals surface area contributed by atoms with Gasteiger partial charge >= 0.3 is 11.9 Å². The molecule has 0 saturated heterocycles. The Morgan fingerprint density at radius 2 is 1.96 bits per heavy atom. The predicted molar refractivity (Wildman–Crippen MR) is 94.6 cm³/mol. The van der Waals surface area contributed by atoms with Gasteiger partial charge in [-0.3, -0.25) is 4.79 Å². The van der Waals surface area contributed by atoms with E-state index in [0.29, 0.717) is 22.8 Å². The largest absolute Gasteiger partial charge is 0.478 e. The molecule has 7 nitrogen and oxygen atoms in total. The predicted octanol–water partition coefficient (Wildman–Crippen LogP) is 3.96. The molecule has 0 unspecified atom stereocenters. The van der Waals surface area contributed by atoms with E-state index in [1.807, 2.05) is 0 Å². The van der Waals surface area contributed by atoms with Gasteiger partial charge < -0.3 is 13.9 Å². The van der Waals surface area contributed by atoms with E-state index in [1.54, 1.807) is 37.3 Å². The lowest BCUT2D eigenvalue weighted by Crippen LogP contribution is -2.16. The maximum atomic E-state index is 11.8. The summed E-state index contributed by atoms with van der Waals surface area (Å²) in [4.78, 5) is 22.8. The number of carbonyl (C=O) groups is 2. The number of rotatable bonds is 5. The van der Waals surface area contributed by atoms with Crippen LogP contribution in [0.3, 0.4) is 0 Å². The molecule has 0 aliphatic carbocycles.